The lowest BCUT2D eigenvalue weighted by Gasteiger charge is -2.34. The largest absolute Gasteiger partial charge is 0.490 e. The minimum absolute atomic E-state index is 0.172. The lowest BCUT2D eigenvalue weighted by molar-refractivity contribution is -0.116. The number of nitrogens with one attached hydrogen (secondary N) is 1. The van der Waals surface area contributed by atoms with Crippen molar-refractivity contribution in [2.45, 2.75) is 39.5 Å². The standard InChI is InChI=1S/C29H30N4O3S/c1-3-5-17-37-29-31-28(34)26-22-13-9-10-14-23(22)30-27(33(26)32-29)21-15-16-24(25(18-21)35-4-2)36-19-20-11-7-6-8-12-20/h6-16,18,27H,3-5,17,19H2,1-2H3,(H,31,32,34)/t27-/m1/s1. The van der Waals surface area contributed by atoms with Gasteiger partial charge in [0, 0.05) is 16.5 Å². The second-order valence-corrected chi connectivity index (χ2v) is 9.77. The number of fused-ring (bicyclic) bond motifs is 2. The number of hydrazone groups is 1. The minimum Gasteiger partial charge on any atom is -0.490 e. The maximum Gasteiger partial charge on any atom is 0.276 e. The van der Waals surface area contributed by atoms with Gasteiger partial charge >= 0.3 is 0 Å². The highest BCUT2D eigenvalue weighted by atomic mass is 32.2. The lowest BCUT2D eigenvalue weighted by atomic mass is 10.1. The summed E-state index contributed by atoms with van der Waals surface area (Å²) in [6, 6.07) is 23.5. The van der Waals surface area contributed by atoms with Gasteiger partial charge in [0.05, 0.1) is 12.0 Å². The Kier molecular flexibility index (Phi) is 7.75. The van der Waals surface area contributed by atoms with E-state index in [1.165, 1.54) is 0 Å². The second kappa shape index (κ2) is 11.5. The van der Waals surface area contributed by atoms with Crippen molar-refractivity contribution in [3.8, 4) is 11.5 Å². The van der Waals surface area contributed by atoms with Gasteiger partial charge < -0.3 is 9.47 Å². The van der Waals surface area contributed by atoms with Crippen molar-refractivity contribution in [1.29, 1.82) is 0 Å². The second-order valence-electron chi connectivity index (χ2n) is 8.69. The third-order valence-corrected chi connectivity index (χ3v) is 7.00. The Morgan fingerprint density at radius 1 is 0.973 bits per heavy atom. The van der Waals surface area contributed by atoms with Gasteiger partial charge in [-0.15, -0.1) is 5.10 Å². The van der Waals surface area contributed by atoms with Crippen LogP contribution in [0.5, 0.6) is 11.5 Å². The molecular weight excluding hydrogens is 484 g/mol. The molecule has 0 aromatic heterocycles. The van der Waals surface area contributed by atoms with Gasteiger partial charge in [-0.25, -0.2) is 5.01 Å². The van der Waals surface area contributed by atoms with E-state index in [-0.39, 0.29) is 5.91 Å². The van der Waals surface area contributed by atoms with Crippen LogP contribution in [0.2, 0.25) is 0 Å². The third-order valence-electron chi connectivity index (χ3n) is 6.05. The van der Waals surface area contributed by atoms with Gasteiger partial charge in [0.1, 0.15) is 12.3 Å². The maximum absolute atomic E-state index is 13.3. The summed E-state index contributed by atoms with van der Waals surface area (Å²) in [4.78, 5) is 18.3. The third kappa shape index (κ3) is 5.49. The first-order valence-corrected chi connectivity index (χ1v) is 13.6. The molecule has 1 N–H and O–H groups in total. The fourth-order valence-corrected chi connectivity index (χ4v) is 5.17. The maximum atomic E-state index is 13.3. The van der Waals surface area contributed by atoms with Crippen molar-refractivity contribution in [1.82, 2.24) is 10.3 Å². The first kappa shape index (κ1) is 24.9. The zero-order chi connectivity index (χ0) is 25.6. The predicted octanol–water partition coefficient (Wildman–Crippen LogP) is 4.34. The van der Waals surface area contributed by atoms with Crippen molar-refractivity contribution >= 4 is 28.5 Å². The number of unbranched alkanes of at least 4 members (excludes halogenated alkanes) is 1. The molecule has 8 heteroatoms. The van der Waals surface area contributed by atoms with Gasteiger partial charge in [-0.3, -0.25) is 15.1 Å². The zero-order valence-electron chi connectivity index (χ0n) is 21.0. The van der Waals surface area contributed by atoms with Crippen molar-refractivity contribution in [2.24, 2.45) is 10.1 Å². The molecule has 7 nitrogen and oxygen atoms in total. The molecule has 0 radical (unpaired) electrons. The molecule has 0 aliphatic carbocycles. The molecule has 0 saturated carbocycles. The number of ether oxygens (including phenoxy) is 2. The van der Waals surface area contributed by atoms with Crippen LogP contribution < -0.4 is 25.4 Å². The van der Waals surface area contributed by atoms with E-state index in [9.17, 15) is 4.79 Å². The normalized spacial score (nSPS) is 16.2. The van der Waals surface area contributed by atoms with Gasteiger partial charge in [-0.1, -0.05) is 79.7 Å². The molecule has 3 aromatic carbocycles. The molecule has 0 saturated heterocycles. The number of para-hydroxylation sites is 1. The van der Waals surface area contributed by atoms with Crippen LogP contribution in [-0.4, -0.2) is 28.4 Å². The van der Waals surface area contributed by atoms with E-state index in [0.29, 0.717) is 35.6 Å². The molecule has 2 aliphatic heterocycles. The molecular formula is C29H30N4O3S. The molecule has 2 aliphatic rings. The molecule has 0 unspecified atom stereocenters. The van der Waals surface area contributed by atoms with E-state index in [0.717, 1.165) is 40.3 Å². The van der Waals surface area contributed by atoms with Gasteiger partial charge in [0.2, 0.25) is 0 Å². The molecule has 2 heterocycles. The van der Waals surface area contributed by atoms with Crippen LogP contribution >= 0.6 is 11.8 Å². The Bertz CT molecular complexity index is 1420. The number of nitrogens with zero attached hydrogens (tertiary/aromatic N) is 3. The van der Waals surface area contributed by atoms with Gasteiger partial charge in [0.25, 0.3) is 5.91 Å². The van der Waals surface area contributed by atoms with Gasteiger partial charge in [-0.2, -0.15) is 0 Å². The summed E-state index contributed by atoms with van der Waals surface area (Å²) >= 11 is 1.55. The quantitative estimate of drug-likeness (QED) is 0.430. The van der Waals surface area contributed by atoms with E-state index >= 15 is 0 Å². The molecule has 3 aromatic rings. The number of amides is 1. The molecule has 1 amide bonds. The van der Waals surface area contributed by atoms with Crippen LogP contribution in [0.15, 0.2) is 82.9 Å². The SMILES string of the molecule is CCCCSC1=NN2C(=c3ccccc3=N[C@H]2c2ccc(OCc3ccccc3)c(OCC)c2)C(=O)N1. The number of rotatable bonds is 9. The monoisotopic (exact) mass is 514 g/mol. The molecule has 0 spiro atoms. The number of hydrogen-bond donors (Lipinski definition) is 1. The molecule has 0 bridgehead atoms. The number of carbonyl (C=O) groups excluding carboxylic acids is 1. The average Bonchev–Trinajstić information content (AvgIpc) is 2.92. The van der Waals surface area contributed by atoms with Crippen molar-refractivity contribution < 1.29 is 14.3 Å². The number of hydrogen-bond acceptors (Lipinski definition) is 7. The Hall–Kier alpha value is -3.78. The summed E-state index contributed by atoms with van der Waals surface area (Å²) in [6.45, 7) is 5.02. The van der Waals surface area contributed by atoms with Gasteiger partial charge in [-0.05, 0) is 37.1 Å². The van der Waals surface area contributed by atoms with Crippen LogP contribution in [0.25, 0.3) is 5.70 Å². The summed E-state index contributed by atoms with van der Waals surface area (Å²) in [5, 5.41) is 11.7. The summed E-state index contributed by atoms with van der Waals surface area (Å²) in [5.74, 6) is 2.01. The van der Waals surface area contributed by atoms with Crippen molar-refractivity contribution in [2.75, 3.05) is 12.4 Å². The average molecular weight is 515 g/mol. The van der Waals surface area contributed by atoms with Crippen LogP contribution in [0.4, 0.5) is 0 Å². The van der Waals surface area contributed by atoms with Crippen LogP contribution in [0, 0.1) is 0 Å². The Balaban J connectivity index is 1.52. The first-order valence-electron chi connectivity index (χ1n) is 12.6. The number of benzene rings is 3. The van der Waals surface area contributed by atoms with Crippen LogP contribution in [-0.2, 0) is 11.4 Å². The minimum atomic E-state index is -0.514. The van der Waals surface area contributed by atoms with Gasteiger partial charge in [0.15, 0.2) is 22.8 Å². The summed E-state index contributed by atoms with van der Waals surface area (Å²) < 4.78 is 12.1. The molecule has 1 atom stereocenters. The molecule has 190 valence electrons. The van der Waals surface area contributed by atoms with E-state index in [1.54, 1.807) is 16.8 Å². The highest BCUT2D eigenvalue weighted by Gasteiger charge is 2.34. The molecule has 37 heavy (non-hydrogen) atoms. The van der Waals surface area contributed by atoms with E-state index < -0.39 is 6.17 Å². The summed E-state index contributed by atoms with van der Waals surface area (Å²) in [6.07, 6.45) is 1.62. The smallest absolute Gasteiger partial charge is 0.276 e. The lowest BCUT2D eigenvalue weighted by Crippen LogP contribution is -2.50. The predicted molar refractivity (Wildman–Crippen MR) is 147 cm³/mol. The Morgan fingerprint density at radius 3 is 2.59 bits per heavy atom. The number of amidine groups is 1. The summed E-state index contributed by atoms with van der Waals surface area (Å²) in [7, 11) is 0. The Morgan fingerprint density at radius 2 is 1.78 bits per heavy atom. The fraction of sp³-hybridized carbons (Fsp3) is 0.276. The van der Waals surface area contributed by atoms with Crippen molar-refractivity contribution in [3.63, 3.8) is 0 Å². The van der Waals surface area contributed by atoms with E-state index in [1.807, 2.05) is 79.7 Å². The van der Waals surface area contributed by atoms with Crippen LogP contribution in [0.1, 0.15) is 44.0 Å². The highest BCUT2D eigenvalue weighted by molar-refractivity contribution is 8.13. The van der Waals surface area contributed by atoms with E-state index in [4.69, 9.17) is 19.6 Å². The Labute approximate surface area is 220 Å². The molecule has 5 rings (SSSR count). The summed E-state index contributed by atoms with van der Waals surface area (Å²) in [5.41, 5.74) is 2.44. The zero-order valence-corrected chi connectivity index (χ0v) is 21.8. The fourth-order valence-electron chi connectivity index (χ4n) is 4.23. The highest BCUT2D eigenvalue weighted by Crippen LogP contribution is 2.36. The van der Waals surface area contributed by atoms with Crippen molar-refractivity contribution in [3.05, 3.63) is 94.5 Å². The first-order chi connectivity index (χ1) is 18.2. The molecule has 0 fully saturated rings. The van der Waals surface area contributed by atoms with E-state index in [2.05, 4.69) is 12.2 Å². The number of thioether (sulfide) groups is 1. The number of carbonyl (C=O) groups is 1. The van der Waals surface area contributed by atoms with Crippen LogP contribution in [0.3, 0.4) is 0 Å². The topological polar surface area (TPSA) is 75.5 Å².